The molecule has 1 aliphatic rings. The van der Waals surface area contributed by atoms with E-state index < -0.39 is 0 Å². The first kappa shape index (κ1) is 32.0. The van der Waals surface area contributed by atoms with Crippen molar-refractivity contribution in [2.45, 2.75) is 12.8 Å². The molecule has 0 radical (unpaired) electrons. The molecule has 56 heavy (non-hydrogen) atoms. The van der Waals surface area contributed by atoms with E-state index in [4.69, 9.17) is 19.9 Å². The lowest BCUT2D eigenvalue weighted by Crippen LogP contribution is -2.09. The molecule has 6 heteroatoms. The van der Waals surface area contributed by atoms with Gasteiger partial charge >= 0.3 is 0 Å². The molecule has 0 saturated carbocycles. The molecule has 6 nitrogen and oxygen atoms in total. The zero-order valence-corrected chi connectivity index (χ0v) is 30.4. The zero-order valence-electron chi connectivity index (χ0n) is 30.4. The maximum atomic E-state index is 5.32. The Morgan fingerprint density at radius 3 is 1.88 bits per heavy atom. The number of rotatable bonds is 6. The van der Waals surface area contributed by atoms with E-state index in [0.717, 1.165) is 73.4 Å². The standard InChI is InChI=1S/C50H34N6/c1-4-14-33(15-5-1)35-25-27-37(28-26-35)48-52-47(36-18-8-3-9-19-36)53-50(54-48)56-46-40(41-23-13-31-51-49(41)56)29-30-44-45(46)42-22-10-11-24-43(42)55(44)39-21-12-20-38(32-39)34-16-6-2-7-17-34/h1-25,27,29-32H,26,28H2. The van der Waals surface area contributed by atoms with Gasteiger partial charge in [-0.1, -0.05) is 133 Å². The molecule has 0 fully saturated rings. The van der Waals surface area contributed by atoms with Crippen LogP contribution in [0, 0.1) is 0 Å². The van der Waals surface area contributed by atoms with Crippen LogP contribution in [0.2, 0.25) is 0 Å². The van der Waals surface area contributed by atoms with Crippen LogP contribution >= 0.6 is 0 Å². The van der Waals surface area contributed by atoms with Crippen LogP contribution < -0.4 is 0 Å². The van der Waals surface area contributed by atoms with Crippen LogP contribution in [-0.2, 0) is 0 Å². The summed E-state index contributed by atoms with van der Waals surface area (Å²) in [6.07, 6.45) is 7.98. The number of hydrogen-bond donors (Lipinski definition) is 0. The Hall–Kier alpha value is -7.44. The zero-order chi connectivity index (χ0) is 37.0. The monoisotopic (exact) mass is 718 g/mol. The Kier molecular flexibility index (Phi) is 7.52. The van der Waals surface area contributed by atoms with E-state index >= 15 is 0 Å². The maximum absolute atomic E-state index is 5.32. The fraction of sp³-hybridized carbons (Fsp3) is 0.0400. The highest BCUT2D eigenvalue weighted by Crippen LogP contribution is 2.42. The second-order valence-electron chi connectivity index (χ2n) is 14.2. The van der Waals surface area contributed by atoms with Crippen LogP contribution in [0.5, 0.6) is 0 Å². The summed E-state index contributed by atoms with van der Waals surface area (Å²) >= 11 is 0. The topological polar surface area (TPSA) is 61.4 Å². The highest BCUT2D eigenvalue weighted by atomic mass is 15.2. The van der Waals surface area contributed by atoms with Gasteiger partial charge in [-0.25, -0.2) is 9.97 Å². The average molecular weight is 719 g/mol. The predicted molar refractivity (Wildman–Crippen MR) is 229 cm³/mol. The molecule has 1 aliphatic carbocycles. The van der Waals surface area contributed by atoms with Crippen LogP contribution in [0.4, 0.5) is 0 Å². The molecule has 0 saturated heterocycles. The van der Waals surface area contributed by atoms with E-state index in [1.807, 2.05) is 30.5 Å². The molecule has 0 spiro atoms. The summed E-state index contributed by atoms with van der Waals surface area (Å²) < 4.78 is 4.54. The van der Waals surface area contributed by atoms with Gasteiger partial charge in [0.1, 0.15) is 5.65 Å². The second-order valence-corrected chi connectivity index (χ2v) is 14.2. The van der Waals surface area contributed by atoms with Gasteiger partial charge in [-0.2, -0.15) is 9.97 Å². The Morgan fingerprint density at radius 2 is 1.09 bits per heavy atom. The molecular formula is C50H34N6. The number of nitrogens with zero attached hydrogens (tertiary/aromatic N) is 6. The van der Waals surface area contributed by atoms with Crippen molar-refractivity contribution in [2.24, 2.45) is 0 Å². The molecule has 0 unspecified atom stereocenters. The number of fused-ring (bicyclic) bond motifs is 7. The van der Waals surface area contributed by atoms with Crippen molar-refractivity contribution in [1.29, 1.82) is 0 Å². The summed E-state index contributed by atoms with van der Waals surface area (Å²) in [6.45, 7) is 0. The van der Waals surface area contributed by atoms with Gasteiger partial charge in [0.25, 0.3) is 0 Å². The minimum absolute atomic E-state index is 0.543. The van der Waals surface area contributed by atoms with Crippen molar-refractivity contribution < 1.29 is 0 Å². The largest absolute Gasteiger partial charge is 0.309 e. The summed E-state index contributed by atoms with van der Waals surface area (Å²) in [5.74, 6) is 1.85. The molecule has 0 atom stereocenters. The molecule has 0 bridgehead atoms. The first-order chi connectivity index (χ1) is 27.8. The van der Waals surface area contributed by atoms with Crippen molar-refractivity contribution in [1.82, 2.24) is 29.1 Å². The SMILES string of the molecule is C1=C(c2ccccc2)CCC(c2nc(-c3ccccc3)nc(-n3c4ncccc4c4ccc5c(c6ccccc6n5-c5cccc(-c6ccccc6)c5)c43)n2)=C1. The van der Waals surface area contributed by atoms with E-state index in [2.05, 4.69) is 161 Å². The summed E-state index contributed by atoms with van der Waals surface area (Å²) in [6, 6.07) is 57.5. The highest BCUT2D eigenvalue weighted by Gasteiger charge is 2.24. The molecule has 10 aromatic rings. The van der Waals surface area contributed by atoms with Crippen molar-refractivity contribution in [3.05, 3.63) is 194 Å². The fourth-order valence-electron chi connectivity index (χ4n) is 8.35. The first-order valence-corrected chi connectivity index (χ1v) is 19.0. The lowest BCUT2D eigenvalue weighted by Gasteiger charge is -2.16. The Morgan fingerprint density at radius 1 is 0.429 bits per heavy atom. The predicted octanol–water partition coefficient (Wildman–Crippen LogP) is 12.1. The van der Waals surface area contributed by atoms with Crippen molar-refractivity contribution in [3.63, 3.8) is 0 Å². The molecule has 0 N–H and O–H groups in total. The van der Waals surface area contributed by atoms with Gasteiger partial charge in [0, 0.05) is 39.0 Å². The average Bonchev–Trinajstić information content (AvgIpc) is 3.80. The van der Waals surface area contributed by atoms with Crippen LogP contribution in [0.1, 0.15) is 24.2 Å². The molecule has 11 rings (SSSR count). The Bertz CT molecular complexity index is 3170. The number of pyridine rings is 1. The minimum Gasteiger partial charge on any atom is -0.309 e. The summed E-state index contributed by atoms with van der Waals surface area (Å²) in [7, 11) is 0. The van der Waals surface area contributed by atoms with Crippen molar-refractivity contribution in [3.8, 4) is 34.2 Å². The van der Waals surface area contributed by atoms with Crippen molar-refractivity contribution >= 4 is 54.9 Å². The molecule has 0 amide bonds. The second kappa shape index (κ2) is 13.1. The van der Waals surface area contributed by atoms with Gasteiger partial charge in [-0.05, 0) is 83.1 Å². The van der Waals surface area contributed by atoms with Crippen LogP contribution in [0.25, 0.3) is 89.0 Å². The molecule has 0 aliphatic heterocycles. The first-order valence-electron chi connectivity index (χ1n) is 19.0. The van der Waals surface area contributed by atoms with Gasteiger partial charge in [-0.15, -0.1) is 0 Å². The molecule has 4 aromatic heterocycles. The van der Waals surface area contributed by atoms with E-state index in [1.165, 1.54) is 22.3 Å². The van der Waals surface area contributed by atoms with Crippen LogP contribution in [0.3, 0.4) is 0 Å². The van der Waals surface area contributed by atoms with Gasteiger partial charge in [-0.3, -0.25) is 4.57 Å². The minimum atomic E-state index is 0.543. The fourth-order valence-corrected chi connectivity index (χ4v) is 8.35. The quantitative estimate of drug-likeness (QED) is 0.172. The Balaban J connectivity index is 1.19. The third kappa shape index (κ3) is 5.26. The molecule has 264 valence electrons. The number of allylic oxidation sites excluding steroid dienone is 4. The summed E-state index contributed by atoms with van der Waals surface area (Å²) in [4.78, 5) is 20.7. The van der Waals surface area contributed by atoms with Crippen LogP contribution in [-0.4, -0.2) is 29.1 Å². The summed E-state index contributed by atoms with van der Waals surface area (Å²) in [5, 5.41) is 4.41. The number of hydrogen-bond acceptors (Lipinski definition) is 4. The smallest absolute Gasteiger partial charge is 0.240 e. The van der Waals surface area contributed by atoms with E-state index in [0.29, 0.717) is 17.6 Å². The van der Waals surface area contributed by atoms with Gasteiger partial charge < -0.3 is 4.57 Å². The van der Waals surface area contributed by atoms with Gasteiger partial charge in [0.2, 0.25) is 5.95 Å². The number of benzene rings is 6. The van der Waals surface area contributed by atoms with E-state index in [1.54, 1.807) is 0 Å². The van der Waals surface area contributed by atoms with Gasteiger partial charge in [0.15, 0.2) is 11.6 Å². The highest BCUT2D eigenvalue weighted by molar-refractivity contribution is 6.25. The number of aromatic nitrogens is 6. The molecule has 4 heterocycles. The molecular weight excluding hydrogens is 685 g/mol. The normalized spacial score (nSPS) is 13.1. The Labute approximate surface area is 323 Å². The van der Waals surface area contributed by atoms with Crippen LogP contribution in [0.15, 0.2) is 182 Å². The van der Waals surface area contributed by atoms with E-state index in [-0.39, 0.29) is 0 Å². The maximum Gasteiger partial charge on any atom is 0.240 e. The lowest BCUT2D eigenvalue weighted by molar-refractivity contribution is 0.911. The third-order valence-electron chi connectivity index (χ3n) is 11.0. The summed E-state index contributed by atoms with van der Waals surface area (Å²) in [5.41, 5.74) is 12.1. The number of para-hydroxylation sites is 1. The third-order valence-corrected chi connectivity index (χ3v) is 11.0. The van der Waals surface area contributed by atoms with E-state index in [9.17, 15) is 0 Å². The van der Waals surface area contributed by atoms with Gasteiger partial charge in [0.05, 0.1) is 16.6 Å². The van der Waals surface area contributed by atoms with Crippen molar-refractivity contribution in [2.75, 3.05) is 0 Å². The lowest BCUT2D eigenvalue weighted by atomic mass is 9.93. The molecule has 6 aromatic carbocycles.